The quantitative estimate of drug-likeness (QED) is 0.440. The van der Waals surface area contributed by atoms with Crippen LogP contribution in [-0.2, 0) is 19.1 Å². The summed E-state index contributed by atoms with van der Waals surface area (Å²) in [6.45, 7) is 6.28. The molecule has 0 radical (unpaired) electrons. The van der Waals surface area contributed by atoms with Gasteiger partial charge in [-0.05, 0) is 64.2 Å². The minimum Gasteiger partial charge on any atom is -0.467 e. The average Bonchev–Trinajstić information content (AvgIpc) is 3.40. The van der Waals surface area contributed by atoms with Crippen LogP contribution in [-0.4, -0.2) is 106 Å². The van der Waals surface area contributed by atoms with Gasteiger partial charge >= 0.3 is 12.1 Å². The molecule has 1 aromatic rings. The predicted molar refractivity (Wildman–Crippen MR) is 150 cm³/mol. The maximum absolute atomic E-state index is 13.7. The molecule has 1 aromatic carbocycles. The number of ether oxygens (including phenoxy) is 2. The van der Waals surface area contributed by atoms with Gasteiger partial charge in [0.25, 0.3) is 5.91 Å². The van der Waals surface area contributed by atoms with Gasteiger partial charge in [-0.25, -0.2) is 9.59 Å². The Morgan fingerprint density at radius 2 is 1.79 bits per heavy atom. The zero-order valence-electron chi connectivity index (χ0n) is 22.9. The second-order valence-electron chi connectivity index (χ2n) is 10.4. The largest absolute Gasteiger partial charge is 0.467 e. The lowest BCUT2D eigenvalue weighted by molar-refractivity contribution is -0.148. The Hall–Kier alpha value is -2.40. The second-order valence-corrected chi connectivity index (χ2v) is 12.4. The van der Waals surface area contributed by atoms with E-state index in [1.165, 1.54) is 23.8 Å². The van der Waals surface area contributed by atoms with Gasteiger partial charge in [0.15, 0.2) is 0 Å². The summed E-state index contributed by atoms with van der Waals surface area (Å²) in [6.07, 6.45) is 3.02. The fraction of sp³-hybridized carbons (Fsp3) is 0.630. The topological polar surface area (TPSA) is 96.5 Å². The summed E-state index contributed by atoms with van der Waals surface area (Å²) in [4.78, 5) is 57.6. The standard InChI is InChI=1S/C27H39N3O6S2/c1-27(2,3)36-26(34)29-18-38-17-22(29)24(32)28-14-11-20(12-15-28)30(21(13-16-37-5)25(33)35-4)23(31)19-9-7-6-8-10-19/h6-10,20-22H,11-18H2,1-5H3/t21-,22+/m0/s1. The maximum atomic E-state index is 13.7. The van der Waals surface area contributed by atoms with Crippen LogP contribution >= 0.6 is 23.5 Å². The highest BCUT2D eigenvalue weighted by molar-refractivity contribution is 7.99. The Balaban J connectivity index is 1.75. The highest BCUT2D eigenvalue weighted by atomic mass is 32.2. The molecule has 38 heavy (non-hydrogen) atoms. The van der Waals surface area contributed by atoms with E-state index >= 15 is 0 Å². The number of esters is 1. The maximum Gasteiger partial charge on any atom is 0.411 e. The first-order valence-electron chi connectivity index (χ1n) is 12.9. The minimum absolute atomic E-state index is 0.104. The number of benzene rings is 1. The van der Waals surface area contributed by atoms with E-state index < -0.39 is 29.7 Å². The van der Waals surface area contributed by atoms with Gasteiger partial charge < -0.3 is 19.3 Å². The summed E-state index contributed by atoms with van der Waals surface area (Å²) in [7, 11) is 1.34. The molecule has 2 atom stereocenters. The molecule has 2 heterocycles. The molecule has 0 unspecified atom stereocenters. The van der Waals surface area contributed by atoms with E-state index in [1.807, 2.05) is 12.3 Å². The van der Waals surface area contributed by atoms with Crippen molar-refractivity contribution in [2.75, 3.05) is 43.8 Å². The van der Waals surface area contributed by atoms with Gasteiger partial charge in [-0.3, -0.25) is 14.5 Å². The van der Waals surface area contributed by atoms with E-state index in [9.17, 15) is 19.2 Å². The van der Waals surface area contributed by atoms with Crippen LogP contribution in [0.15, 0.2) is 30.3 Å². The van der Waals surface area contributed by atoms with Gasteiger partial charge in [0.05, 0.1) is 13.0 Å². The number of carbonyl (C=O) groups is 4. The smallest absolute Gasteiger partial charge is 0.411 e. The van der Waals surface area contributed by atoms with Crippen molar-refractivity contribution in [3.63, 3.8) is 0 Å². The molecule has 2 saturated heterocycles. The molecule has 3 rings (SSSR count). The van der Waals surface area contributed by atoms with Gasteiger partial charge in [0, 0.05) is 30.4 Å². The van der Waals surface area contributed by atoms with Gasteiger partial charge in [-0.15, -0.1) is 11.8 Å². The number of methoxy groups -OCH3 is 1. The molecule has 0 aromatic heterocycles. The first-order chi connectivity index (χ1) is 18.1. The van der Waals surface area contributed by atoms with Crippen molar-refractivity contribution in [1.29, 1.82) is 0 Å². The number of hydrogen-bond donors (Lipinski definition) is 0. The molecule has 2 aliphatic heterocycles. The third-order valence-corrected chi connectivity index (χ3v) is 8.28. The van der Waals surface area contributed by atoms with E-state index in [0.29, 0.717) is 55.3 Å². The summed E-state index contributed by atoms with van der Waals surface area (Å²) in [5.41, 5.74) is -0.127. The number of thioether (sulfide) groups is 2. The summed E-state index contributed by atoms with van der Waals surface area (Å²) in [5, 5.41) is 0. The van der Waals surface area contributed by atoms with Crippen molar-refractivity contribution in [3.8, 4) is 0 Å². The zero-order valence-corrected chi connectivity index (χ0v) is 24.5. The number of hydrogen-bond acceptors (Lipinski definition) is 8. The van der Waals surface area contributed by atoms with Crippen LogP contribution in [0.5, 0.6) is 0 Å². The minimum atomic E-state index is -0.707. The third-order valence-electron chi connectivity index (χ3n) is 6.62. The second kappa shape index (κ2) is 13.6. The Morgan fingerprint density at radius 3 is 2.37 bits per heavy atom. The van der Waals surface area contributed by atoms with E-state index in [4.69, 9.17) is 9.47 Å². The highest BCUT2D eigenvalue weighted by Crippen LogP contribution is 2.28. The number of likely N-dealkylation sites (tertiary alicyclic amines) is 1. The van der Waals surface area contributed by atoms with Crippen LogP contribution in [0.1, 0.15) is 50.4 Å². The molecule has 9 nitrogen and oxygen atoms in total. The van der Waals surface area contributed by atoms with Gasteiger partial charge in [-0.2, -0.15) is 11.8 Å². The lowest BCUT2D eigenvalue weighted by Gasteiger charge is -2.42. The van der Waals surface area contributed by atoms with E-state index in [2.05, 4.69) is 0 Å². The molecule has 3 amide bonds. The number of amides is 3. The first kappa shape index (κ1) is 30.1. The Kier molecular flexibility index (Phi) is 10.8. The van der Waals surface area contributed by atoms with Gasteiger partial charge in [0.2, 0.25) is 5.91 Å². The first-order valence-corrected chi connectivity index (χ1v) is 15.4. The van der Waals surface area contributed by atoms with Crippen molar-refractivity contribution >= 4 is 47.4 Å². The summed E-state index contributed by atoms with van der Waals surface area (Å²) in [6, 6.07) is 7.45. The number of rotatable bonds is 8. The fourth-order valence-corrected chi connectivity index (χ4v) is 6.34. The molecule has 11 heteroatoms. The number of carbonyl (C=O) groups excluding carboxylic acids is 4. The van der Waals surface area contributed by atoms with Crippen LogP contribution in [0.4, 0.5) is 4.79 Å². The van der Waals surface area contributed by atoms with Crippen LogP contribution in [0.2, 0.25) is 0 Å². The van der Waals surface area contributed by atoms with Crippen molar-refractivity contribution in [3.05, 3.63) is 35.9 Å². The van der Waals surface area contributed by atoms with Gasteiger partial charge in [0.1, 0.15) is 17.7 Å². The molecule has 210 valence electrons. The lowest BCUT2D eigenvalue weighted by Crippen LogP contribution is -2.57. The molecular weight excluding hydrogens is 526 g/mol. The van der Waals surface area contributed by atoms with Crippen molar-refractivity contribution < 1.29 is 28.7 Å². The molecule has 0 spiro atoms. The molecule has 2 fully saturated rings. The Bertz CT molecular complexity index is 979. The summed E-state index contributed by atoms with van der Waals surface area (Å²) >= 11 is 3.14. The predicted octanol–water partition coefficient (Wildman–Crippen LogP) is 3.72. The van der Waals surface area contributed by atoms with Crippen LogP contribution < -0.4 is 0 Å². The average molecular weight is 566 g/mol. The van der Waals surface area contributed by atoms with Crippen LogP contribution in [0.25, 0.3) is 0 Å². The van der Waals surface area contributed by atoms with E-state index in [1.54, 1.807) is 66.6 Å². The third kappa shape index (κ3) is 7.59. The lowest BCUT2D eigenvalue weighted by atomic mass is 9.98. The molecule has 0 bridgehead atoms. The summed E-state index contributed by atoms with van der Waals surface area (Å²) < 4.78 is 10.6. The van der Waals surface area contributed by atoms with Gasteiger partial charge in [-0.1, -0.05) is 18.2 Å². The van der Waals surface area contributed by atoms with E-state index in [0.717, 1.165) is 0 Å². The molecule has 2 aliphatic rings. The summed E-state index contributed by atoms with van der Waals surface area (Å²) in [5.74, 6) is 0.892. The number of piperidine rings is 1. The SMILES string of the molecule is COC(=O)[C@H](CCSC)N(C(=O)c1ccccc1)C1CCN(C(=O)[C@H]2CSCN2C(=O)OC(C)(C)C)CC1. The fourth-order valence-electron chi connectivity index (χ4n) is 4.75. The van der Waals surface area contributed by atoms with Crippen molar-refractivity contribution in [2.45, 2.75) is 63.8 Å². The van der Waals surface area contributed by atoms with Crippen LogP contribution in [0, 0.1) is 0 Å². The molecular formula is C27H39N3O6S2. The van der Waals surface area contributed by atoms with Crippen molar-refractivity contribution in [1.82, 2.24) is 14.7 Å². The Morgan fingerprint density at radius 1 is 1.13 bits per heavy atom. The molecule has 0 aliphatic carbocycles. The normalized spacial score (nSPS) is 19.1. The monoisotopic (exact) mass is 565 g/mol. The number of nitrogens with zero attached hydrogens (tertiary/aromatic N) is 3. The van der Waals surface area contributed by atoms with E-state index in [-0.39, 0.29) is 17.9 Å². The van der Waals surface area contributed by atoms with Crippen molar-refractivity contribution in [2.24, 2.45) is 0 Å². The molecule has 0 N–H and O–H groups in total. The molecule has 0 saturated carbocycles. The van der Waals surface area contributed by atoms with Crippen LogP contribution in [0.3, 0.4) is 0 Å². The highest BCUT2D eigenvalue weighted by Gasteiger charge is 2.42. The Labute approximate surface area is 233 Å². The zero-order chi connectivity index (χ0) is 27.9.